The lowest BCUT2D eigenvalue weighted by Gasteiger charge is -2.40. The number of aromatic nitrogens is 2. The van der Waals surface area contributed by atoms with Crippen LogP contribution >= 0.6 is 0 Å². The van der Waals surface area contributed by atoms with Crippen LogP contribution in [0.1, 0.15) is 46.2 Å². The number of hydrogen-bond donors (Lipinski definition) is 1. The van der Waals surface area contributed by atoms with Gasteiger partial charge in [0, 0.05) is 36.9 Å². The molecule has 0 bridgehead atoms. The molecule has 1 N–H and O–H groups in total. The highest BCUT2D eigenvalue weighted by atomic mass is 16.5. The molecular formula is C16H28N4O. The van der Waals surface area contributed by atoms with Crippen LogP contribution < -0.4 is 15.0 Å². The molecule has 0 aliphatic carbocycles. The number of nitrogens with one attached hydrogen (secondary N) is 1. The monoisotopic (exact) mass is 292 g/mol. The van der Waals surface area contributed by atoms with E-state index < -0.39 is 0 Å². The van der Waals surface area contributed by atoms with Crippen LogP contribution in [0.3, 0.4) is 0 Å². The second-order valence-corrected chi connectivity index (χ2v) is 6.04. The van der Waals surface area contributed by atoms with Crippen molar-refractivity contribution in [3.63, 3.8) is 0 Å². The summed E-state index contributed by atoms with van der Waals surface area (Å²) >= 11 is 0. The Bertz CT molecular complexity index is 464. The van der Waals surface area contributed by atoms with Crippen molar-refractivity contribution in [1.82, 2.24) is 15.3 Å². The first-order valence-electron chi connectivity index (χ1n) is 8.05. The lowest BCUT2D eigenvalue weighted by atomic mass is 10.1. The molecule has 0 amide bonds. The van der Waals surface area contributed by atoms with E-state index in [4.69, 9.17) is 4.74 Å². The number of piperazine rings is 1. The van der Waals surface area contributed by atoms with Crippen LogP contribution in [0.4, 0.5) is 5.95 Å². The molecule has 1 saturated heterocycles. The van der Waals surface area contributed by atoms with Crippen molar-refractivity contribution < 1.29 is 4.74 Å². The zero-order chi connectivity index (χ0) is 15.4. The molecule has 2 unspecified atom stereocenters. The van der Waals surface area contributed by atoms with E-state index in [1.165, 1.54) is 0 Å². The molecule has 1 aromatic rings. The Morgan fingerprint density at radius 3 is 2.71 bits per heavy atom. The molecule has 0 saturated carbocycles. The first kappa shape index (κ1) is 16.0. The van der Waals surface area contributed by atoms with Crippen LogP contribution in [0.15, 0.2) is 6.07 Å². The molecule has 1 aliphatic rings. The third-order valence-electron chi connectivity index (χ3n) is 3.90. The molecule has 1 aliphatic heterocycles. The Morgan fingerprint density at radius 2 is 2.10 bits per heavy atom. The molecule has 0 radical (unpaired) electrons. The molecule has 1 aromatic heterocycles. The average Bonchev–Trinajstić information content (AvgIpc) is 2.45. The van der Waals surface area contributed by atoms with Crippen molar-refractivity contribution in [2.75, 3.05) is 18.0 Å². The topological polar surface area (TPSA) is 50.3 Å². The van der Waals surface area contributed by atoms with Gasteiger partial charge < -0.3 is 15.0 Å². The van der Waals surface area contributed by atoms with Gasteiger partial charge in [0.25, 0.3) is 0 Å². The summed E-state index contributed by atoms with van der Waals surface area (Å²) in [5.41, 5.74) is 0.956. The van der Waals surface area contributed by atoms with Crippen molar-refractivity contribution in [1.29, 1.82) is 0 Å². The molecule has 21 heavy (non-hydrogen) atoms. The minimum absolute atomic E-state index is 0.125. The van der Waals surface area contributed by atoms with Crippen molar-refractivity contribution >= 4 is 5.95 Å². The zero-order valence-electron chi connectivity index (χ0n) is 13.9. The fourth-order valence-corrected chi connectivity index (χ4v) is 2.70. The third kappa shape index (κ3) is 4.06. The van der Waals surface area contributed by atoms with E-state index in [0.29, 0.717) is 18.0 Å². The smallest absolute Gasteiger partial charge is 0.229 e. The largest absolute Gasteiger partial charge is 0.475 e. The van der Waals surface area contributed by atoms with Crippen LogP contribution in [0, 0.1) is 6.92 Å². The minimum Gasteiger partial charge on any atom is -0.475 e. The van der Waals surface area contributed by atoms with Gasteiger partial charge in [0.1, 0.15) is 0 Å². The fraction of sp³-hybridized carbons (Fsp3) is 0.750. The third-order valence-corrected chi connectivity index (χ3v) is 3.90. The quantitative estimate of drug-likeness (QED) is 0.904. The van der Waals surface area contributed by atoms with Crippen LogP contribution in [0.5, 0.6) is 5.88 Å². The van der Waals surface area contributed by atoms with Gasteiger partial charge in [-0.25, -0.2) is 4.98 Å². The Labute approximate surface area is 128 Å². The second kappa shape index (κ2) is 7.07. The molecule has 0 spiro atoms. The number of anilines is 1. The van der Waals surface area contributed by atoms with Crippen molar-refractivity contribution in [3.05, 3.63) is 11.8 Å². The highest BCUT2D eigenvalue weighted by molar-refractivity contribution is 5.37. The van der Waals surface area contributed by atoms with Gasteiger partial charge in [0.15, 0.2) is 0 Å². The van der Waals surface area contributed by atoms with E-state index in [9.17, 15) is 0 Å². The van der Waals surface area contributed by atoms with Gasteiger partial charge in [-0.15, -0.1) is 0 Å². The Hall–Kier alpha value is -1.36. The summed E-state index contributed by atoms with van der Waals surface area (Å²) in [5.74, 6) is 1.48. The molecule has 2 atom stereocenters. The lowest BCUT2D eigenvalue weighted by molar-refractivity contribution is 0.231. The lowest BCUT2D eigenvalue weighted by Crippen LogP contribution is -2.56. The summed E-state index contributed by atoms with van der Waals surface area (Å²) in [6.45, 7) is 12.4. The van der Waals surface area contributed by atoms with Crippen molar-refractivity contribution in [3.8, 4) is 5.88 Å². The summed E-state index contributed by atoms with van der Waals surface area (Å²) in [7, 11) is 0. The predicted molar refractivity (Wildman–Crippen MR) is 86.0 cm³/mol. The van der Waals surface area contributed by atoms with Gasteiger partial charge in [-0.1, -0.05) is 13.8 Å². The molecule has 0 aromatic carbocycles. The molecule has 5 heteroatoms. The number of hydrogen-bond acceptors (Lipinski definition) is 5. The average molecular weight is 292 g/mol. The molecule has 1 fully saturated rings. The highest BCUT2D eigenvalue weighted by Gasteiger charge is 2.28. The molecule has 5 nitrogen and oxygen atoms in total. The van der Waals surface area contributed by atoms with Gasteiger partial charge in [-0.05, 0) is 33.6 Å². The summed E-state index contributed by atoms with van der Waals surface area (Å²) < 4.78 is 5.76. The SMILES string of the molecule is CCC1CN(c2nc(C)cc(OC(C)C)n2)C(CC)CN1. The summed E-state index contributed by atoms with van der Waals surface area (Å²) in [5, 5.41) is 3.60. The van der Waals surface area contributed by atoms with Crippen LogP contribution in [0.25, 0.3) is 0 Å². The van der Waals surface area contributed by atoms with E-state index in [-0.39, 0.29) is 6.10 Å². The van der Waals surface area contributed by atoms with E-state index >= 15 is 0 Å². The number of nitrogens with zero attached hydrogens (tertiary/aromatic N) is 3. The maximum atomic E-state index is 5.76. The number of aryl methyl sites for hydroxylation is 1. The second-order valence-electron chi connectivity index (χ2n) is 6.04. The zero-order valence-corrected chi connectivity index (χ0v) is 13.9. The maximum absolute atomic E-state index is 5.76. The van der Waals surface area contributed by atoms with Gasteiger partial charge in [0.05, 0.1) is 6.10 Å². The van der Waals surface area contributed by atoms with E-state index in [0.717, 1.165) is 37.6 Å². The Balaban J connectivity index is 2.26. The number of ether oxygens (including phenoxy) is 1. The normalized spacial score (nSPS) is 22.7. The molecule has 2 rings (SSSR count). The Morgan fingerprint density at radius 1 is 1.33 bits per heavy atom. The molecule has 118 valence electrons. The maximum Gasteiger partial charge on any atom is 0.229 e. The number of rotatable bonds is 5. The van der Waals surface area contributed by atoms with E-state index in [1.54, 1.807) is 0 Å². The molecule has 2 heterocycles. The van der Waals surface area contributed by atoms with Crippen molar-refractivity contribution in [2.45, 2.75) is 65.6 Å². The Kier molecular flexibility index (Phi) is 5.39. The first-order valence-corrected chi connectivity index (χ1v) is 8.05. The minimum atomic E-state index is 0.125. The predicted octanol–water partition coefficient (Wildman–Crippen LogP) is 2.54. The van der Waals surface area contributed by atoms with E-state index in [1.807, 2.05) is 26.8 Å². The summed E-state index contributed by atoms with van der Waals surface area (Å²) in [4.78, 5) is 11.6. The highest BCUT2D eigenvalue weighted by Crippen LogP contribution is 2.22. The van der Waals surface area contributed by atoms with Gasteiger partial charge in [-0.2, -0.15) is 4.98 Å². The van der Waals surface area contributed by atoms with Gasteiger partial charge >= 0.3 is 0 Å². The van der Waals surface area contributed by atoms with Crippen LogP contribution in [-0.4, -0.2) is 41.2 Å². The van der Waals surface area contributed by atoms with E-state index in [2.05, 4.69) is 34.0 Å². The van der Waals surface area contributed by atoms with Gasteiger partial charge in [-0.3, -0.25) is 0 Å². The van der Waals surface area contributed by atoms with Crippen molar-refractivity contribution in [2.24, 2.45) is 0 Å². The fourth-order valence-electron chi connectivity index (χ4n) is 2.70. The summed E-state index contributed by atoms with van der Waals surface area (Å²) in [6, 6.07) is 2.86. The summed E-state index contributed by atoms with van der Waals surface area (Å²) in [6.07, 6.45) is 2.33. The van der Waals surface area contributed by atoms with Gasteiger partial charge in [0.2, 0.25) is 11.8 Å². The van der Waals surface area contributed by atoms with Crippen LogP contribution in [0.2, 0.25) is 0 Å². The first-order chi connectivity index (χ1) is 10.0. The molecular weight excluding hydrogens is 264 g/mol. The van der Waals surface area contributed by atoms with Crippen LogP contribution in [-0.2, 0) is 0 Å². The standard InChI is InChI=1S/C16H28N4O/c1-6-13-10-20(14(7-2)9-17-13)16-18-12(5)8-15(19-16)21-11(3)4/h8,11,13-14,17H,6-7,9-10H2,1-5H3.